The van der Waals surface area contributed by atoms with Gasteiger partial charge < -0.3 is 15.2 Å². The zero-order valence-corrected chi connectivity index (χ0v) is 7.35. The van der Waals surface area contributed by atoms with Gasteiger partial charge in [0, 0.05) is 6.92 Å². The maximum Gasteiger partial charge on any atom is 0.352 e. The Labute approximate surface area is 74.9 Å². The Balaban J connectivity index is 3.13. The Hall–Kier alpha value is -0.750. The van der Waals surface area contributed by atoms with Crippen molar-refractivity contribution < 1.29 is 23.4 Å². The van der Waals surface area contributed by atoms with Crippen molar-refractivity contribution in [3.8, 4) is 0 Å². The van der Waals surface area contributed by atoms with Gasteiger partial charge in [0.25, 0.3) is 0 Å². The largest absolute Gasteiger partial charge is 0.480 e. The molecule has 0 amide bonds. The number of hydrogen-bond acceptors (Lipinski definition) is 3. The maximum absolute atomic E-state index is 12.0. The second-order valence-electron chi connectivity index (χ2n) is 2.58. The van der Waals surface area contributed by atoms with Crippen LogP contribution in [0.15, 0.2) is 0 Å². The second kappa shape index (κ2) is 5.82. The van der Waals surface area contributed by atoms with Gasteiger partial charge in [-0.2, -0.15) is 8.78 Å². The van der Waals surface area contributed by atoms with Gasteiger partial charge in [0.2, 0.25) is 0 Å². The van der Waals surface area contributed by atoms with E-state index in [0.29, 0.717) is 19.9 Å². The number of alkyl halides is 2. The molecule has 0 aliphatic heterocycles. The van der Waals surface area contributed by atoms with Gasteiger partial charge in [-0.05, 0) is 13.0 Å². The summed E-state index contributed by atoms with van der Waals surface area (Å²) in [4.78, 5) is 9.98. The quantitative estimate of drug-likeness (QED) is 0.589. The van der Waals surface area contributed by atoms with E-state index in [4.69, 9.17) is 5.11 Å². The van der Waals surface area contributed by atoms with Crippen LogP contribution < -0.4 is 5.32 Å². The number of aliphatic carboxylic acids is 1. The molecule has 6 heteroatoms. The third-order valence-electron chi connectivity index (χ3n) is 1.13. The highest BCUT2D eigenvalue weighted by molar-refractivity contribution is 5.68. The number of rotatable bonds is 7. The average molecular weight is 197 g/mol. The second-order valence-corrected chi connectivity index (χ2v) is 2.58. The highest BCUT2D eigenvalue weighted by Gasteiger charge is 2.20. The first kappa shape index (κ1) is 12.2. The highest BCUT2D eigenvalue weighted by Crippen LogP contribution is 2.12. The minimum Gasteiger partial charge on any atom is -0.480 e. The summed E-state index contributed by atoms with van der Waals surface area (Å²) < 4.78 is 28.2. The number of carbonyl (C=O) groups is 1. The minimum absolute atomic E-state index is 0.0872. The molecule has 0 bridgehead atoms. The van der Waals surface area contributed by atoms with E-state index in [-0.39, 0.29) is 13.2 Å². The minimum atomic E-state index is -3.10. The fourth-order valence-electron chi connectivity index (χ4n) is 0.644. The Kier molecular flexibility index (Phi) is 5.48. The molecule has 0 aliphatic rings. The Bertz CT molecular complexity index is 158. The van der Waals surface area contributed by atoms with Crippen LogP contribution in [0.1, 0.15) is 13.3 Å². The lowest BCUT2D eigenvalue weighted by Gasteiger charge is -2.10. The maximum atomic E-state index is 12.0. The number of hydrogen-bond donors (Lipinski definition) is 2. The monoisotopic (exact) mass is 197 g/mol. The normalized spacial score (nSPS) is 11.6. The molecular formula is C7H13F2NO3. The Morgan fingerprint density at radius 3 is 2.69 bits per heavy atom. The van der Waals surface area contributed by atoms with E-state index in [1.54, 1.807) is 0 Å². The van der Waals surface area contributed by atoms with Gasteiger partial charge in [0.05, 0.1) is 13.2 Å². The van der Waals surface area contributed by atoms with Crippen molar-refractivity contribution in [3.05, 3.63) is 0 Å². The molecule has 0 unspecified atom stereocenters. The Morgan fingerprint density at radius 1 is 1.62 bits per heavy atom. The first-order valence-corrected chi connectivity index (χ1v) is 3.86. The van der Waals surface area contributed by atoms with Crippen LogP contribution in [0, 0.1) is 0 Å². The van der Waals surface area contributed by atoms with Crippen LogP contribution in [0.2, 0.25) is 0 Å². The number of ether oxygens (including phenoxy) is 1. The summed E-state index contributed by atoms with van der Waals surface area (Å²) in [5.41, 5.74) is 0. The zero-order valence-electron chi connectivity index (χ0n) is 7.35. The van der Waals surface area contributed by atoms with E-state index in [1.165, 1.54) is 0 Å². The summed E-state index contributed by atoms with van der Waals surface area (Å²) >= 11 is 0. The molecule has 0 radical (unpaired) electrons. The van der Waals surface area contributed by atoms with Gasteiger partial charge in [-0.25, -0.2) is 0 Å². The molecule has 0 saturated heterocycles. The number of nitrogens with one attached hydrogen (secondary N) is 1. The molecule has 2 N–H and O–H groups in total. The fourth-order valence-corrected chi connectivity index (χ4v) is 0.644. The van der Waals surface area contributed by atoms with E-state index >= 15 is 0 Å². The summed E-state index contributed by atoms with van der Waals surface area (Å²) in [5, 5.41) is 10.7. The first-order chi connectivity index (χ1) is 5.92. The lowest BCUT2D eigenvalue weighted by molar-refractivity contribution is -0.224. The van der Waals surface area contributed by atoms with Crippen LogP contribution >= 0.6 is 0 Å². The third-order valence-corrected chi connectivity index (χ3v) is 1.13. The summed E-state index contributed by atoms with van der Waals surface area (Å²) in [6.45, 7) is 0.763. The summed E-state index contributed by atoms with van der Waals surface area (Å²) in [5.74, 6) is -0.971. The molecule has 0 saturated carbocycles. The average Bonchev–Trinajstić information content (AvgIpc) is 1.93. The van der Waals surface area contributed by atoms with Crippen molar-refractivity contribution in [1.82, 2.24) is 5.32 Å². The molecule has 0 spiro atoms. The molecule has 0 aromatic rings. The number of carboxylic acid groups (broad SMARTS) is 1. The summed E-state index contributed by atoms with van der Waals surface area (Å²) in [6, 6.07) is 0. The molecule has 0 rings (SSSR count). The summed E-state index contributed by atoms with van der Waals surface area (Å²) in [6.07, 6.45) is -2.75. The van der Waals surface area contributed by atoms with Gasteiger partial charge in [0.15, 0.2) is 0 Å². The third kappa shape index (κ3) is 11.2. The van der Waals surface area contributed by atoms with Crippen LogP contribution in [0.5, 0.6) is 0 Å². The van der Waals surface area contributed by atoms with Crippen molar-refractivity contribution in [1.29, 1.82) is 0 Å². The lowest BCUT2D eigenvalue weighted by atomic mass is 10.4. The predicted molar refractivity (Wildman–Crippen MR) is 41.7 cm³/mol. The van der Waals surface area contributed by atoms with Crippen molar-refractivity contribution in [2.24, 2.45) is 0 Å². The van der Waals surface area contributed by atoms with E-state index in [0.717, 1.165) is 0 Å². The number of halogens is 2. The van der Waals surface area contributed by atoms with E-state index in [9.17, 15) is 13.6 Å². The standard InChI is InChI=1S/C7H13F2NO3/c1-7(8,9)13-4-2-3-10-5-6(11)12/h10H,2-5H2,1H3,(H,11,12). The summed E-state index contributed by atoms with van der Waals surface area (Å²) in [7, 11) is 0. The van der Waals surface area contributed by atoms with Crippen molar-refractivity contribution >= 4 is 5.97 Å². The van der Waals surface area contributed by atoms with Crippen LogP contribution in [0.25, 0.3) is 0 Å². The molecule has 0 aromatic carbocycles. The van der Waals surface area contributed by atoms with Crippen LogP contribution in [0.4, 0.5) is 8.78 Å². The molecule has 0 aromatic heterocycles. The van der Waals surface area contributed by atoms with Gasteiger partial charge in [-0.15, -0.1) is 0 Å². The SMILES string of the molecule is CC(F)(F)OCCCNCC(=O)O. The van der Waals surface area contributed by atoms with Gasteiger partial charge in [-0.3, -0.25) is 4.79 Å². The van der Waals surface area contributed by atoms with E-state index < -0.39 is 12.1 Å². The van der Waals surface area contributed by atoms with Crippen molar-refractivity contribution in [2.45, 2.75) is 19.5 Å². The Morgan fingerprint density at radius 2 is 2.23 bits per heavy atom. The van der Waals surface area contributed by atoms with Crippen LogP contribution in [-0.2, 0) is 9.53 Å². The molecule has 13 heavy (non-hydrogen) atoms. The highest BCUT2D eigenvalue weighted by atomic mass is 19.3. The van der Waals surface area contributed by atoms with E-state index in [2.05, 4.69) is 10.1 Å². The zero-order chi connectivity index (χ0) is 10.3. The van der Waals surface area contributed by atoms with Gasteiger partial charge in [0.1, 0.15) is 0 Å². The molecule has 0 fully saturated rings. The molecule has 0 aliphatic carbocycles. The van der Waals surface area contributed by atoms with E-state index in [1.807, 2.05) is 0 Å². The van der Waals surface area contributed by atoms with Crippen LogP contribution in [0.3, 0.4) is 0 Å². The number of carboxylic acids is 1. The molecule has 0 atom stereocenters. The van der Waals surface area contributed by atoms with Crippen molar-refractivity contribution in [3.63, 3.8) is 0 Å². The smallest absolute Gasteiger partial charge is 0.352 e. The molecule has 78 valence electrons. The van der Waals surface area contributed by atoms with Gasteiger partial charge >= 0.3 is 12.1 Å². The molecule has 4 nitrogen and oxygen atoms in total. The molecular weight excluding hydrogens is 184 g/mol. The predicted octanol–water partition coefficient (Wildman–Crippen LogP) is 0.680. The van der Waals surface area contributed by atoms with Gasteiger partial charge in [-0.1, -0.05) is 0 Å². The molecule has 0 heterocycles. The topological polar surface area (TPSA) is 58.6 Å². The first-order valence-electron chi connectivity index (χ1n) is 3.86. The fraction of sp³-hybridized carbons (Fsp3) is 0.857. The lowest BCUT2D eigenvalue weighted by Crippen LogP contribution is -2.25. The van der Waals surface area contributed by atoms with Crippen molar-refractivity contribution in [2.75, 3.05) is 19.7 Å². The van der Waals surface area contributed by atoms with Crippen LogP contribution in [-0.4, -0.2) is 36.9 Å².